The first-order valence-corrected chi connectivity index (χ1v) is 8.71. The lowest BCUT2D eigenvalue weighted by molar-refractivity contribution is -0.112. The number of carbonyl (C=O) groups is 1. The maximum Gasteiger partial charge on any atom is 0.267 e. The molecule has 0 aromatic heterocycles. The van der Waals surface area contributed by atoms with Gasteiger partial charge < -0.3 is 10.6 Å². The minimum Gasteiger partial charge on any atom is -0.360 e. The molecule has 0 saturated carbocycles. The number of para-hydroxylation sites is 1. The van der Waals surface area contributed by atoms with E-state index in [1.807, 2.05) is 58.9 Å². The molecule has 0 aliphatic carbocycles. The molecule has 2 N–H and O–H groups in total. The Balaban J connectivity index is 2.25. The molecule has 0 saturated heterocycles. The van der Waals surface area contributed by atoms with Gasteiger partial charge in [0.1, 0.15) is 11.6 Å². The maximum absolute atomic E-state index is 12.6. The Morgan fingerprint density at radius 3 is 2.31 bits per heavy atom. The summed E-state index contributed by atoms with van der Waals surface area (Å²) in [5.74, 6) is -0.411. The van der Waals surface area contributed by atoms with Gasteiger partial charge in [0.15, 0.2) is 0 Å². The predicted molar refractivity (Wildman–Crippen MR) is 107 cm³/mol. The first-order valence-electron chi connectivity index (χ1n) is 8.71. The number of amides is 1. The highest BCUT2D eigenvalue weighted by molar-refractivity contribution is 6.07. The third kappa shape index (κ3) is 4.31. The number of nitrogens with one attached hydrogen (secondary N) is 2. The molecule has 134 valence electrons. The van der Waals surface area contributed by atoms with Crippen LogP contribution in [0.3, 0.4) is 0 Å². The molecule has 4 nitrogen and oxygen atoms in total. The first-order chi connectivity index (χ1) is 12.4. The summed E-state index contributed by atoms with van der Waals surface area (Å²) in [6.45, 7) is 10.0. The third-order valence-corrected chi connectivity index (χ3v) is 4.38. The number of anilines is 2. The molecular formula is C22H25N3O. The van der Waals surface area contributed by atoms with Crippen LogP contribution in [-0.4, -0.2) is 5.91 Å². The summed E-state index contributed by atoms with van der Waals surface area (Å²) in [5, 5.41) is 15.4. The Bertz CT molecular complexity index is 881. The molecule has 0 radical (unpaired) electrons. The second-order valence-electron chi connectivity index (χ2n) is 6.50. The highest BCUT2D eigenvalue weighted by Gasteiger charge is 2.13. The van der Waals surface area contributed by atoms with Crippen LogP contribution in [-0.2, 0) is 11.2 Å². The standard InChI is InChI=1S/C22H25N3O/c1-6-18-9-7-8-15(3)21(18)25-22(26)19(12-23)13-24-20-16(4)10-14(2)11-17(20)5/h7-11,13,24H,6H2,1-5H3,(H,25,26)/b19-13-. The van der Waals surface area contributed by atoms with Crippen LogP contribution in [0, 0.1) is 39.0 Å². The van der Waals surface area contributed by atoms with Gasteiger partial charge in [-0.2, -0.15) is 5.26 Å². The molecule has 0 aliphatic heterocycles. The van der Waals surface area contributed by atoms with Crippen molar-refractivity contribution in [3.05, 3.63) is 69.9 Å². The van der Waals surface area contributed by atoms with Gasteiger partial charge in [-0.15, -0.1) is 0 Å². The minimum absolute atomic E-state index is 0.0367. The quantitative estimate of drug-likeness (QED) is 0.595. The molecule has 0 atom stereocenters. The molecule has 0 spiro atoms. The van der Waals surface area contributed by atoms with E-state index in [4.69, 9.17) is 0 Å². The van der Waals surface area contributed by atoms with Crippen LogP contribution < -0.4 is 10.6 Å². The van der Waals surface area contributed by atoms with Crippen LogP contribution in [0.15, 0.2) is 42.1 Å². The monoisotopic (exact) mass is 347 g/mol. The van der Waals surface area contributed by atoms with E-state index in [0.717, 1.165) is 40.0 Å². The molecule has 0 unspecified atom stereocenters. The first kappa shape index (κ1) is 19.3. The molecule has 4 heteroatoms. The van der Waals surface area contributed by atoms with E-state index >= 15 is 0 Å². The van der Waals surface area contributed by atoms with Crippen molar-refractivity contribution < 1.29 is 4.79 Å². The zero-order chi connectivity index (χ0) is 19.3. The average molecular weight is 347 g/mol. The van der Waals surface area contributed by atoms with Crippen molar-refractivity contribution in [3.8, 4) is 6.07 Å². The summed E-state index contributed by atoms with van der Waals surface area (Å²) < 4.78 is 0. The molecule has 2 aromatic carbocycles. The van der Waals surface area contributed by atoms with E-state index < -0.39 is 5.91 Å². The Hall–Kier alpha value is -3.06. The lowest BCUT2D eigenvalue weighted by Gasteiger charge is -2.13. The number of rotatable bonds is 5. The summed E-state index contributed by atoms with van der Waals surface area (Å²) in [7, 11) is 0. The largest absolute Gasteiger partial charge is 0.360 e. The fraction of sp³-hybridized carbons (Fsp3) is 0.273. The number of carbonyl (C=O) groups excluding carboxylic acids is 1. The fourth-order valence-corrected chi connectivity index (χ4v) is 3.08. The van der Waals surface area contributed by atoms with Gasteiger partial charge in [0.25, 0.3) is 5.91 Å². The van der Waals surface area contributed by atoms with Crippen molar-refractivity contribution in [2.75, 3.05) is 10.6 Å². The zero-order valence-electron chi connectivity index (χ0n) is 16.0. The van der Waals surface area contributed by atoms with E-state index in [9.17, 15) is 10.1 Å². The molecule has 0 aliphatic rings. The average Bonchev–Trinajstić information content (AvgIpc) is 2.58. The summed E-state index contributed by atoms with van der Waals surface area (Å²) in [6, 6.07) is 12.0. The van der Waals surface area contributed by atoms with Gasteiger partial charge in [-0.1, -0.05) is 42.8 Å². The summed E-state index contributed by atoms with van der Waals surface area (Å²) >= 11 is 0. The minimum atomic E-state index is -0.411. The highest BCUT2D eigenvalue weighted by atomic mass is 16.1. The number of hydrogen-bond acceptors (Lipinski definition) is 3. The van der Waals surface area contributed by atoms with Crippen LogP contribution in [0.2, 0.25) is 0 Å². The number of nitrogens with zero attached hydrogens (tertiary/aromatic N) is 1. The van der Waals surface area contributed by atoms with Crippen molar-refractivity contribution in [2.45, 2.75) is 41.0 Å². The van der Waals surface area contributed by atoms with Crippen LogP contribution in [0.25, 0.3) is 0 Å². The summed E-state index contributed by atoms with van der Waals surface area (Å²) in [5.41, 5.74) is 7.09. The van der Waals surface area contributed by atoms with Crippen molar-refractivity contribution in [3.63, 3.8) is 0 Å². The Morgan fingerprint density at radius 2 is 1.73 bits per heavy atom. The topological polar surface area (TPSA) is 64.9 Å². The Morgan fingerprint density at radius 1 is 1.08 bits per heavy atom. The Kier molecular flexibility index (Phi) is 6.19. The van der Waals surface area contributed by atoms with Crippen LogP contribution in [0.5, 0.6) is 0 Å². The second-order valence-corrected chi connectivity index (χ2v) is 6.50. The summed E-state index contributed by atoms with van der Waals surface area (Å²) in [4.78, 5) is 12.6. The number of nitriles is 1. The smallest absolute Gasteiger partial charge is 0.267 e. The van der Waals surface area contributed by atoms with E-state index in [1.54, 1.807) is 0 Å². The van der Waals surface area contributed by atoms with Gasteiger partial charge in [0.2, 0.25) is 0 Å². The van der Waals surface area contributed by atoms with Crippen molar-refractivity contribution in [1.29, 1.82) is 5.26 Å². The van der Waals surface area contributed by atoms with Crippen LogP contribution in [0.4, 0.5) is 11.4 Å². The van der Waals surface area contributed by atoms with Gasteiger partial charge >= 0.3 is 0 Å². The predicted octanol–water partition coefficient (Wildman–Crippen LogP) is 4.94. The van der Waals surface area contributed by atoms with Crippen molar-refractivity contribution >= 4 is 17.3 Å². The molecule has 2 rings (SSSR count). The van der Waals surface area contributed by atoms with Crippen molar-refractivity contribution in [1.82, 2.24) is 0 Å². The van der Waals surface area contributed by atoms with Gasteiger partial charge in [-0.05, 0) is 56.4 Å². The molecule has 0 bridgehead atoms. The van der Waals surface area contributed by atoms with E-state index in [1.165, 1.54) is 11.8 Å². The SMILES string of the molecule is CCc1cccc(C)c1NC(=O)/C(C#N)=C\Nc1c(C)cc(C)cc1C. The molecular weight excluding hydrogens is 322 g/mol. The Labute approximate surface area is 155 Å². The number of benzene rings is 2. The normalized spacial score (nSPS) is 11.0. The third-order valence-electron chi connectivity index (χ3n) is 4.38. The van der Waals surface area contributed by atoms with Gasteiger partial charge in [-0.25, -0.2) is 0 Å². The summed E-state index contributed by atoms with van der Waals surface area (Å²) in [6.07, 6.45) is 2.28. The number of aryl methyl sites for hydroxylation is 5. The lowest BCUT2D eigenvalue weighted by Crippen LogP contribution is -2.16. The fourth-order valence-electron chi connectivity index (χ4n) is 3.08. The van der Waals surface area contributed by atoms with E-state index in [0.29, 0.717) is 0 Å². The molecule has 0 fully saturated rings. The van der Waals surface area contributed by atoms with Crippen LogP contribution in [0.1, 0.15) is 34.7 Å². The van der Waals surface area contributed by atoms with Crippen LogP contribution >= 0.6 is 0 Å². The molecule has 0 heterocycles. The van der Waals surface area contributed by atoms with Gasteiger partial charge in [0.05, 0.1) is 0 Å². The van der Waals surface area contributed by atoms with Crippen molar-refractivity contribution in [2.24, 2.45) is 0 Å². The van der Waals surface area contributed by atoms with E-state index in [2.05, 4.69) is 22.8 Å². The lowest BCUT2D eigenvalue weighted by atomic mass is 10.0. The maximum atomic E-state index is 12.6. The molecule has 2 aromatic rings. The van der Waals surface area contributed by atoms with Gasteiger partial charge in [0, 0.05) is 17.6 Å². The highest BCUT2D eigenvalue weighted by Crippen LogP contribution is 2.23. The number of hydrogen-bond donors (Lipinski definition) is 2. The van der Waals surface area contributed by atoms with E-state index in [-0.39, 0.29) is 5.57 Å². The molecule has 26 heavy (non-hydrogen) atoms. The molecule has 1 amide bonds. The van der Waals surface area contributed by atoms with Gasteiger partial charge in [-0.3, -0.25) is 4.79 Å². The second kappa shape index (κ2) is 8.35. The zero-order valence-corrected chi connectivity index (χ0v) is 16.0.